The van der Waals surface area contributed by atoms with Crippen LogP contribution in [0.5, 0.6) is 0 Å². The number of likely N-dealkylation sites (tertiary alicyclic amines) is 1. The third kappa shape index (κ3) is 4.43. The SMILES string of the molecule is CCCCCN1CCCC(COC)C1. The maximum Gasteiger partial charge on any atom is 0.0502 e. The number of rotatable bonds is 6. The predicted octanol–water partition coefficient (Wildman–Crippen LogP) is 2.54. The van der Waals surface area contributed by atoms with Gasteiger partial charge in [0.25, 0.3) is 0 Å². The van der Waals surface area contributed by atoms with Gasteiger partial charge < -0.3 is 9.64 Å². The Kier molecular flexibility index (Phi) is 6.20. The number of piperidine rings is 1. The molecule has 1 rings (SSSR count). The van der Waals surface area contributed by atoms with Crippen molar-refractivity contribution in [3.63, 3.8) is 0 Å². The van der Waals surface area contributed by atoms with E-state index in [1.165, 1.54) is 51.7 Å². The van der Waals surface area contributed by atoms with E-state index in [-0.39, 0.29) is 0 Å². The lowest BCUT2D eigenvalue weighted by molar-refractivity contribution is 0.0898. The molecule has 1 saturated heterocycles. The van der Waals surface area contributed by atoms with E-state index in [4.69, 9.17) is 4.74 Å². The Morgan fingerprint density at radius 3 is 2.93 bits per heavy atom. The average Bonchev–Trinajstić information content (AvgIpc) is 2.19. The molecule has 1 aliphatic rings. The molecule has 2 nitrogen and oxygen atoms in total. The molecule has 0 aromatic carbocycles. The summed E-state index contributed by atoms with van der Waals surface area (Å²) < 4.78 is 5.23. The number of nitrogens with zero attached hydrogens (tertiary/aromatic N) is 1. The van der Waals surface area contributed by atoms with Crippen LogP contribution in [0.3, 0.4) is 0 Å². The van der Waals surface area contributed by atoms with E-state index in [9.17, 15) is 0 Å². The van der Waals surface area contributed by atoms with Crippen molar-refractivity contribution < 1.29 is 4.74 Å². The Bertz CT molecular complexity index is 136. The maximum absolute atomic E-state index is 5.23. The lowest BCUT2D eigenvalue weighted by Crippen LogP contribution is -2.37. The largest absolute Gasteiger partial charge is 0.384 e. The maximum atomic E-state index is 5.23. The van der Waals surface area contributed by atoms with E-state index < -0.39 is 0 Å². The number of methoxy groups -OCH3 is 1. The van der Waals surface area contributed by atoms with Gasteiger partial charge in [-0.05, 0) is 38.3 Å². The van der Waals surface area contributed by atoms with Crippen molar-refractivity contribution in [3.8, 4) is 0 Å². The van der Waals surface area contributed by atoms with Crippen molar-refractivity contribution in [3.05, 3.63) is 0 Å². The topological polar surface area (TPSA) is 12.5 Å². The summed E-state index contributed by atoms with van der Waals surface area (Å²) >= 11 is 0. The number of unbranched alkanes of at least 4 members (excludes halogenated alkanes) is 2. The zero-order valence-electron chi connectivity index (χ0n) is 9.80. The van der Waals surface area contributed by atoms with Gasteiger partial charge in [0.1, 0.15) is 0 Å². The molecular formula is C12H25NO. The summed E-state index contributed by atoms with van der Waals surface area (Å²) in [4.78, 5) is 2.61. The van der Waals surface area contributed by atoms with Crippen molar-refractivity contribution in [2.24, 2.45) is 5.92 Å². The zero-order valence-corrected chi connectivity index (χ0v) is 9.80. The van der Waals surface area contributed by atoms with Gasteiger partial charge in [0.05, 0.1) is 6.61 Å². The van der Waals surface area contributed by atoms with E-state index >= 15 is 0 Å². The number of hydrogen-bond acceptors (Lipinski definition) is 2. The monoisotopic (exact) mass is 199 g/mol. The van der Waals surface area contributed by atoms with Gasteiger partial charge in [0.15, 0.2) is 0 Å². The molecule has 1 fully saturated rings. The molecule has 0 amide bonds. The highest BCUT2D eigenvalue weighted by Gasteiger charge is 2.18. The molecule has 0 saturated carbocycles. The van der Waals surface area contributed by atoms with Crippen LogP contribution < -0.4 is 0 Å². The fraction of sp³-hybridized carbons (Fsp3) is 1.00. The summed E-state index contributed by atoms with van der Waals surface area (Å²) in [6, 6.07) is 0. The van der Waals surface area contributed by atoms with Crippen LogP contribution in [-0.4, -0.2) is 38.3 Å². The molecular weight excluding hydrogens is 174 g/mol. The first-order valence-corrected chi connectivity index (χ1v) is 6.08. The standard InChI is InChI=1S/C12H25NO/c1-3-4-5-8-13-9-6-7-12(10-13)11-14-2/h12H,3-11H2,1-2H3. The zero-order chi connectivity index (χ0) is 10.2. The fourth-order valence-electron chi connectivity index (χ4n) is 2.31. The summed E-state index contributed by atoms with van der Waals surface area (Å²) in [7, 11) is 1.82. The van der Waals surface area contributed by atoms with E-state index in [1.54, 1.807) is 0 Å². The van der Waals surface area contributed by atoms with Crippen molar-refractivity contribution >= 4 is 0 Å². The molecule has 14 heavy (non-hydrogen) atoms. The molecule has 1 atom stereocenters. The first kappa shape index (κ1) is 12.0. The summed E-state index contributed by atoms with van der Waals surface area (Å²) in [6.45, 7) is 7.09. The third-order valence-corrected chi connectivity index (χ3v) is 3.08. The Morgan fingerprint density at radius 1 is 1.36 bits per heavy atom. The van der Waals surface area contributed by atoms with Gasteiger partial charge in [-0.1, -0.05) is 19.8 Å². The third-order valence-electron chi connectivity index (χ3n) is 3.08. The van der Waals surface area contributed by atoms with Crippen LogP contribution in [0.25, 0.3) is 0 Å². The highest BCUT2D eigenvalue weighted by atomic mass is 16.5. The first-order chi connectivity index (χ1) is 6.86. The fourth-order valence-corrected chi connectivity index (χ4v) is 2.31. The van der Waals surface area contributed by atoms with Crippen LogP contribution in [-0.2, 0) is 4.74 Å². The second kappa shape index (κ2) is 7.24. The average molecular weight is 199 g/mol. The molecule has 84 valence electrons. The molecule has 0 radical (unpaired) electrons. The van der Waals surface area contributed by atoms with Gasteiger partial charge in [-0.2, -0.15) is 0 Å². The van der Waals surface area contributed by atoms with Crippen molar-refractivity contribution in [2.45, 2.75) is 39.0 Å². The molecule has 1 aliphatic heterocycles. The highest BCUT2D eigenvalue weighted by molar-refractivity contribution is 4.72. The van der Waals surface area contributed by atoms with E-state index in [2.05, 4.69) is 11.8 Å². The van der Waals surface area contributed by atoms with Crippen LogP contribution in [0.15, 0.2) is 0 Å². The first-order valence-electron chi connectivity index (χ1n) is 6.08. The number of ether oxygens (including phenoxy) is 1. The van der Waals surface area contributed by atoms with Crippen LogP contribution in [0.1, 0.15) is 39.0 Å². The molecule has 2 heteroatoms. The Hall–Kier alpha value is -0.0800. The second-order valence-electron chi connectivity index (χ2n) is 4.47. The van der Waals surface area contributed by atoms with E-state index in [0.717, 1.165) is 12.5 Å². The Morgan fingerprint density at radius 2 is 2.21 bits per heavy atom. The minimum atomic E-state index is 0.787. The van der Waals surface area contributed by atoms with Gasteiger partial charge in [-0.15, -0.1) is 0 Å². The van der Waals surface area contributed by atoms with Gasteiger partial charge in [-0.3, -0.25) is 0 Å². The molecule has 1 heterocycles. The Labute approximate surface area is 88.6 Å². The minimum Gasteiger partial charge on any atom is -0.384 e. The van der Waals surface area contributed by atoms with Gasteiger partial charge >= 0.3 is 0 Å². The summed E-state index contributed by atoms with van der Waals surface area (Å²) in [5, 5.41) is 0. The van der Waals surface area contributed by atoms with E-state index in [1.807, 2.05) is 7.11 Å². The van der Waals surface area contributed by atoms with Crippen LogP contribution in [0, 0.1) is 5.92 Å². The normalized spacial score (nSPS) is 24.0. The minimum absolute atomic E-state index is 0.787. The summed E-state index contributed by atoms with van der Waals surface area (Å²) in [5.41, 5.74) is 0. The van der Waals surface area contributed by atoms with Crippen LogP contribution in [0.4, 0.5) is 0 Å². The summed E-state index contributed by atoms with van der Waals surface area (Å²) in [6.07, 6.45) is 6.80. The molecule has 1 unspecified atom stereocenters. The summed E-state index contributed by atoms with van der Waals surface area (Å²) in [5.74, 6) is 0.787. The van der Waals surface area contributed by atoms with Crippen molar-refractivity contribution in [2.75, 3.05) is 33.4 Å². The second-order valence-corrected chi connectivity index (χ2v) is 4.47. The van der Waals surface area contributed by atoms with Crippen molar-refractivity contribution in [1.29, 1.82) is 0 Å². The molecule has 0 aromatic heterocycles. The lowest BCUT2D eigenvalue weighted by atomic mass is 9.99. The van der Waals surface area contributed by atoms with E-state index in [0.29, 0.717) is 0 Å². The van der Waals surface area contributed by atoms with Crippen molar-refractivity contribution in [1.82, 2.24) is 4.90 Å². The molecule has 0 aromatic rings. The smallest absolute Gasteiger partial charge is 0.0502 e. The predicted molar refractivity (Wildman–Crippen MR) is 60.6 cm³/mol. The molecule has 0 N–H and O–H groups in total. The van der Waals surface area contributed by atoms with Gasteiger partial charge in [-0.25, -0.2) is 0 Å². The van der Waals surface area contributed by atoms with Gasteiger partial charge in [0.2, 0.25) is 0 Å². The molecule has 0 aliphatic carbocycles. The highest BCUT2D eigenvalue weighted by Crippen LogP contribution is 2.16. The lowest BCUT2D eigenvalue weighted by Gasteiger charge is -2.32. The Balaban J connectivity index is 2.12. The van der Waals surface area contributed by atoms with Crippen LogP contribution >= 0.6 is 0 Å². The number of hydrogen-bond donors (Lipinski definition) is 0. The molecule has 0 bridgehead atoms. The molecule has 0 spiro atoms. The van der Waals surface area contributed by atoms with Crippen LogP contribution in [0.2, 0.25) is 0 Å². The van der Waals surface area contributed by atoms with Gasteiger partial charge in [0, 0.05) is 13.7 Å². The quantitative estimate of drug-likeness (QED) is 0.610.